The van der Waals surface area contributed by atoms with Gasteiger partial charge in [-0.3, -0.25) is 4.79 Å². The molecule has 1 amide bonds. The van der Waals surface area contributed by atoms with Gasteiger partial charge in [0, 0.05) is 17.0 Å². The van der Waals surface area contributed by atoms with Crippen LogP contribution in [-0.4, -0.2) is 11.4 Å². The number of hydrogen-bond donors (Lipinski definition) is 1. The zero-order chi connectivity index (χ0) is 24.4. The second-order valence-electron chi connectivity index (χ2n) is 13.1. The number of nitrogens with one attached hydrogen (secondary N) is 1. The molecule has 184 valence electrons. The van der Waals surface area contributed by atoms with Crippen LogP contribution in [0.3, 0.4) is 0 Å². The Kier molecular flexibility index (Phi) is 5.89. The van der Waals surface area contributed by atoms with E-state index in [1.165, 1.54) is 36.8 Å². The third-order valence-electron chi connectivity index (χ3n) is 10.3. The first-order valence-corrected chi connectivity index (χ1v) is 13.9. The van der Waals surface area contributed by atoms with E-state index < -0.39 is 0 Å². The lowest BCUT2D eigenvalue weighted by Crippen LogP contribution is -2.61. The van der Waals surface area contributed by atoms with Gasteiger partial charge in [-0.25, -0.2) is 0 Å². The van der Waals surface area contributed by atoms with Crippen molar-refractivity contribution in [1.82, 2.24) is 5.32 Å². The van der Waals surface area contributed by atoms with E-state index in [9.17, 15) is 4.79 Å². The maximum atomic E-state index is 13.9. The van der Waals surface area contributed by atoms with Crippen molar-refractivity contribution in [2.45, 2.75) is 104 Å². The van der Waals surface area contributed by atoms with E-state index in [0.29, 0.717) is 29.6 Å². The Labute approximate surface area is 207 Å². The molecule has 1 fully saturated rings. The number of carbonyl (C=O) groups is 1. The van der Waals surface area contributed by atoms with Crippen molar-refractivity contribution < 1.29 is 4.79 Å². The molecule has 34 heavy (non-hydrogen) atoms. The minimum absolute atomic E-state index is 0.139. The van der Waals surface area contributed by atoms with Crippen molar-refractivity contribution >= 4 is 5.91 Å². The van der Waals surface area contributed by atoms with Gasteiger partial charge in [-0.15, -0.1) is 0 Å². The number of allylic oxidation sites excluding steroid dienone is 3. The Hall–Kier alpha value is -1.83. The summed E-state index contributed by atoms with van der Waals surface area (Å²) in [6, 6.07) is 7.25. The largest absolute Gasteiger partial charge is 0.347 e. The maximum Gasteiger partial charge on any atom is 0.247 e. The van der Waals surface area contributed by atoms with Gasteiger partial charge in [0.2, 0.25) is 5.91 Å². The summed E-state index contributed by atoms with van der Waals surface area (Å²) >= 11 is 0. The van der Waals surface area contributed by atoms with Crippen LogP contribution >= 0.6 is 0 Å². The summed E-state index contributed by atoms with van der Waals surface area (Å²) < 4.78 is 0. The fourth-order valence-corrected chi connectivity index (χ4v) is 8.27. The molecule has 0 aliphatic heterocycles. The highest BCUT2D eigenvalue weighted by atomic mass is 16.1. The van der Waals surface area contributed by atoms with Crippen LogP contribution in [0.5, 0.6) is 0 Å². The fraction of sp³-hybridized carbons (Fsp3) is 0.656. The predicted molar refractivity (Wildman–Crippen MR) is 142 cm³/mol. The molecule has 0 heterocycles. The van der Waals surface area contributed by atoms with E-state index in [1.54, 1.807) is 11.1 Å². The Morgan fingerprint density at radius 1 is 1.09 bits per heavy atom. The normalized spacial score (nSPS) is 36.6. The van der Waals surface area contributed by atoms with Gasteiger partial charge in [-0.2, -0.15) is 0 Å². The van der Waals surface area contributed by atoms with E-state index in [4.69, 9.17) is 0 Å². The summed E-state index contributed by atoms with van der Waals surface area (Å²) in [4.78, 5) is 13.9. The van der Waals surface area contributed by atoms with Gasteiger partial charge < -0.3 is 5.32 Å². The summed E-state index contributed by atoms with van der Waals surface area (Å²) in [6.45, 7) is 16.3. The predicted octanol–water partition coefficient (Wildman–Crippen LogP) is 7.48. The van der Waals surface area contributed by atoms with Crippen molar-refractivity contribution in [3.63, 3.8) is 0 Å². The first-order chi connectivity index (χ1) is 16.0. The molecule has 5 aliphatic carbocycles. The molecule has 0 aromatic heterocycles. The van der Waals surface area contributed by atoms with Crippen LogP contribution in [0.15, 0.2) is 41.5 Å². The molecule has 0 radical (unpaired) electrons. The SMILES string of the molecule is CC1=C[C@@H]2C(C(=O)N[C@]3(C)CCC[C@]4(C)c5ccc(C(C)C)cc5CC[C@@H]34)=C[C@H]1C[C@@H]2C(C)C. The fourth-order valence-electron chi connectivity index (χ4n) is 8.27. The molecule has 1 N–H and O–H groups in total. The molecule has 2 nitrogen and oxygen atoms in total. The molecule has 1 aromatic carbocycles. The summed E-state index contributed by atoms with van der Waals surface area (Å²) in [5.74, 6) is 3.17. The topological polar surface area (TPSA) is 29.1 Å². The maximum absolute atomic E-state index is 13.9. The molecule has 0 unspecified atom stereocenters. The number of rotatable bonds is 4. The number of aryl methyl sites for hydroxylation is 1. The standard InChI is InChI=1S/C32H45NO/c1-19(2)22-9-11-28-23(16-22)10-12-29-31(28,6)13-8-14-32(29,7)33-30(34)27-18-24-17-25(20(3)4)26(27)15-21(24)5/h9,11,15-16,18-20,24-26,29H,8,10,12-14,17H2,1-7H3,(H,33,34)/t24-,25-,26+,29-,31-,32-/m1/s1. The van der Waals surface area contributed by atoms with Crippen LogP contribution < -0.4 is 5.32 Å². The number of benzene rings is 1. The van der Waals surface area contributed by atoms with E-state index >= 15 is 0 Å². The molecule has 1 aromatic rings. The lowest BCUT2D eigenvalue weighted by molar-refractivity contribution is -0.122. The van der Waals surface area contributed by atoms with Crippen LogP contribution in [0.4, 0.5) is 0 Å². The summed E-state index contributed by atoms with van der Waals surface area (Å²) in [6.07, 6.45) is 11.7. The van der Waals surface area contributed by atoms with Gasteiger partial charge in [0.25, 0.3) is 0 Å². The van der Waals surface area contributed by atoms with Gasteiger partial charge in [-0.05, 0) is 97.6 Å². The molecule has 2 bridgehead atoms. The zero-order valence-corrected chi connectivity index (χ0v) is 22.5. The minimum atomic E-state index is -0.151. The van der Waals surface area contributed by atoms with Gasteiger partial charge in [0.05, 0.1) is 0 Å². The monoisotopic (exact) mass is 459 g/mol. The number of fused-ring (bicyclic) bond motifs is 4. The van der Waals surface area contributed by atoms with Crippen molar-refractivity contribution in [3.05, 3.63) is 58.2 Å². The van der Waals surface area contributed by atoms with E-state index in [-0.39, 0.29) is 22.8 Å². The average molecular weight is 460 g/mol. The van der Waals surface area contributed by atoms with E-state index in [2.05, 4.69) is 84.1 Å². The molecule has 6 atom stereocenters. The highest BCUT2D eigenvalue weighted by Gasteiger charge is 2.53. The molecular formula is C32H45NO. The minimum Gasteiger partial charge on any atom is -0.347 e. The van der Waals surface area contributed by atoms with Gasteiger partial charge in [0.1, 0.15) is 0 Å². The van der Waals surface area contributed by atoms with Crippen LogP contribution in [0, 0.1) is 29.6 Å². The van der Waals surface area contributed by atoms with Crippen LogP contribution in [0.2, 0.25) is 0 Å². The van der Waals surface area contributed by atoms with Crippen molar-refractivity contribution in [3.8, 4) is 0 Å². The summed E-state index contributed by atoms with van der Waals surface area (Å²) in [7, 11) is 0. The quantitative estimate of drug-likeness (QED) is 0.464. The van der Waals surface area contributed by atoms with E-state index in [0.717, 1.165) is 18.4 Å². The molecule has 0 saturated heterocycles. The third-order valence-corrected chi connectivity index (χ3v) is 10.3. The number of carbonyl (C=O) groups excluding carboxylic acids is 1. The number of amides is 1. The van der Waals surface area contributed by atoms with Crippen LogP contribution in [0.25, 0.3) is 0 Å². The first kappa shape index (κ1) is 23.9. The molecule has 6 rings (SSSR count). The Bertz CT molecular complexity index is 1050. The highest BCUT2D eigenvalue weighted by molar-refractivity contribution is 5.95. The molecule has 2 heteroatoms. The lowest BCUT2D eigenvalue weighted by atomic mass is 9.52. The van der Waals surface area contributed by atoms with Crippen molar-refractivity contribution in [2.24, 2.45) is 29.6 Å². The second kappa shape index (κ2) is 8.38. The average Bonchev–Trinajstić information content (AvgIpc) is 2.78. The molecular weight excluding hydrogens is 414 g/mol. The summed E-state index contributed by atoms with van der Waals surface area (Å²) in [5, 5.41) is 3.67. The molecule has 0 spiro atoms. The van der Waals surface area contributed by atoms with Crippen LogP contribution in [-0.2, 0) is 16.6 Å². The van der Waals surface area contributed by atoms with Crippen LogP contribution in [0.1, 0.15) is 103 Å². The number of hydrogen-bond acceptors (Lipinski definition) is 1. The van der Waals surface area contributed by atoms with E-state index in [1.807, 2.05) is 0 Å². The third kappa shape index (κ3) is 3.71. The van der Waals surface area contributed by atoms with Crippen molar-refractivity contribution in [2.75, 3.05) is 0 Å². The molecule has 5 aliphatic rings. The first-order valence-electron chi connectivity index (χ1n) is 13.9. The Balaban J connectivity index is 1.42. The van der Waals surface area contributed by atoms with Gasteiger partial charge in [-0.1, -0.05) is 77.0 Å². The molecule has 1 saturated carbocycles. The zero-order valence-electron chi connectivity index (χ0n) is 22.5. The van der Waals surface area contributed by atoms with Gasteiger partial charge in [0.15, 0.2) is 0 Å². The Morgan fingerprint density at radius 3 is 2.53 bits per heavy atom. The summed E-state index contributed by atoms with van der Waals surface area (Å²) in [5.41, 5.74) is 7.04. The van der Waals surface area contributed by atoms with Gasteiger partial charge >= 0.3 is 0 Å². The lowest BCUT2D eigenvalue weighted by Gasteiger charge is -2.56. The highest BCUT2D eigenvalue weighted by Crippen LogP contribution is 2.54. The van der Waals surface area contributed by atoms with Crippen molar-refractivity contribution in [1.29, 1.82) is 0 Å². The smallest absolute Gasteiger partial charge is 0.247 e. The second-order valence-corrected chi connectivity index (χ2v) is 13.1. The Morgan fingerprint density at radius 2 is 1.85 bits per heavy atom.